The fourth-order valence-corrected chi connectivity index (χ4v) is 2.06. The van der Waals surface area contributed by atoms with Crippen molar-refractivity contribution < 1.29 is 13.2 Å². The maximum atomic E-state index is 12.7. The highest BCUT2D eigenvalue weighted by molar-refractivity contribution is 5.92. The Labute approximate surface area is 96.1 Å². The molecular formula is C13H8F3N. The molecule has 2 aliphatic heterocycles. The maximum Gasteiger partial charge on any atom is 0.489 e. The molecule has 0 atom stereocenters. The van der Waals surface area contributed by atoms with Crippen LogP contribution in [-0.2, 0) is 0 Å². The van der Waals surface area contributed by atoms with Gasteiger partial charge in [-0.15, -0.1) is 13.2 Å². The third-order valence-corrected chi connectivity index (χ3v) is 2.82. The zero-order valence-electron chi connectivity index (χ0n) is 8.70. The highest BCUT2D eigenvalue weighted by Gasteiger charge is 2.44. The summed E-state index contributed by atoms with van der Waals surface area (Å²) in [5, 5.41) is 0. The van der Waals surface area contributed by atoms with Crippen molar-refractivity contribution in [3.8, 4) is 11.1 Å². The minimum absolute atomic E-state index is 0.201. The van der Waals surface area contributed by atoms with Gasteiger partial charge in [0, 0.05) is 5.56 Å². The number of alkyl halides is 3. The van der Waals surface area contributed by atoms with Gasteiger partial charge >= 0.3 is 6.30 Å². The Balaban J connectivity index is 2.09. The molecule has 2 aliphatic rings. The molecule has 2 bridgehead atoms. The van der Waals surface area contributed by atoms with Gasteiger partial charge in [-0.3, -0.25) is 4.90 Å². The van der Waals surface area contributed by atoms with Gasteiger partial charge in [-0.2, -0.15) is 0 Å². The van der Waals surface area contributed by atoms with Crippen LogP contribution < -0.4 is 4.90 Å². The predicted molar refractivity (Wildman–Crippen MR) is 60.1 cm³/mol. The highest BCUT2D eigenvalue weighted by atomic mass is 19.4. The first-order valence-electron chi connectivity index (χ1n) is 5.14. The van der Waals surface area contributed by atoms with E-state index in [9.17, 15) is 13.2 Å². The lowest BCUT2D eigenvalue weighted by atomic mass is 9.97. The Morgan fingerprint density at radius 1 is 0.882 bits per heavy atom. The van der Waals surface area contributed by atoms with Crippen molar-refractivity contribution in [2.45, 2.75) is 6.30 Å². The van der Waals surface area contributed by atoms with E-state index in [2.05, 4.69) is 0 Å². The molecule has 0 saturated carbocycles. The summed E-state index contributed by atoms with van der Waals surface area (Å²) in [6, 6.07) is 13.8. The lowest BCUT2D eigenvalue weighted by Gasteiger charge is -2.36. The van der Waals surface area contributed by atoms with E-state index in [1.807, 2.05) is 18.2 Å². The van der Waals surface area contributed by atoms with E-state index in [4.69, 9.17) is 0 Å². The van der Waals surface area contributed by atoms with Gasteiger partial charge in [-0.05, 0) is 17.7 Å². The number of hydrogen-bond donors (Lipinski definition) is 0. The molecule has 86 valence electrons. The van der Waals surface area contributed by atoms with Gasteiger partial charge in [0.05, 0.1) is 11.4 Å². The molecule has 0 N–H and O–H groups in total. The second kappa shape index (κ2) is 3.26. The van der Waals surface area contributed by atoms with E-state index in [1.54, 1.807) is 24.3 Å². The molecule has 0 radical (unpaired) electrons. The summed E-state index contributed by atoms with van der Waals surface area (Å²) in [5.74, 6) is 0. The summed E-state index contributed by atoms with van der Waals surface area (Å²) >= 11 is 0. The van der Waals surface area contributed by atoms with Gasteiger partial charge in [0.2, 0.25) is 0 Å². The molecule has 2 heterocycles. The molecule has 0 spiro atoms. The topological polar surface area (TPSA) is 3.24 Å². The molecule has 4 heteroatoms. The molecule has 0 amide bonds. The van der Waals surface area contributed by atoms with Crippen molar-refractivity contribution in [1.29, 1.82) is 0 Å². The second-order valence-electron chi connectivity index (χ2n) is 3.87. The molecular weight excluding hydrogens is 227 g/mol. The van der Waals surface area contributed by atoms with E-state index in [-0.39, 0.29) is 11.4 Å². The van der Waals surface area contributed by atoms with Crippen LogP contribution >= 0.6 is 0 Å². The minimum atomic E-state index is -4.34. The molecule has 0 unspecified atom stereocenters. The Morgan fingerprint density at radius 3 is 2.18 bits per heavy atom. The standard InChI is InChI=1S/C13H8F3N/c14-13(15,16)17-10-6-7-11(12(17)8-10)9-4-2-1-3-5-9/h1-8H. The summed E-state index contributed by atoms with van der Waals surface area (Å²) in [7, 11) is 0. The molecule has 0 aromatic heterocycles. The molecule has 0 aliphatic carbocycles. The lowest BCUT2D eigenvalue weighted by Crippen LogP contribution is -2.38. The zero-order valence-corrected chi connectivity index (χ0v) is 8.70. The van der Waals surface area contributed by atoms with Crippen molar-refractivity contribution in [2.75, 3.05) is 4.90 Å². The monoisotopic (exact) mass is 235 g/mol. The SMILES string of the molecule is FC(F)(F)N1c2ccc(-c3ccccc3)c1c2. The number of benzene rings is 2. The Bertz CT molecular complexity index is 557. The minimum Gasteiger partial charge on any atom is -0.252 e. The van der Waals surface area contributed by atoms with Crippen LogP contribution in [0.15, 0.2) is 48.5 Å². The number of halogens is 3. The highest BCUT2D eigenvalue weighted by Crippen LogP contribution is 2.50. The van der Waals surface area contributed by atoms with E-state index in [1.165, 1.54) is 6.07 Å². The first kappa shape index (κ1) is 10.2. The van der Waals surface area contributed by atoms with Gasteiger partial charge < -0.3 is 0 Å². The lowest BCUT2D eigenvalue weighted by molar-refractivity contribution is -0.122. The van der Waals surface area contributed by atoms with Crippen LogP contribution in [0.3, 0.4) is 0 Å². The third-order valence-electron chi connectivity index (χ3n) is 2.82. The van der Waals surface area contributed by atoms with Crippen molar-refractivity contribution >= 4 is 11.4 Å². The summed E-state index contributed by atoms with van der Waals surface area (Å²) in [6.07, 6.45) is -4.34. The zero-order chi connectivity index (χ0) is 12.0. The third kappa shape index (κ3) is 1.48. The van der Waals surface area contributed by atoms with E-state index >= 15 is 0 Å². The van der Waals surface area contributed by atoms with Crippen LogP contribution in [0.2, 0.25) is 0 Å². The normalized spacial score (nSPS) is 13.5. The fourth-order valence-electron chi connectivity index (χ4n) is 2.06. The van der Waals surface area contributed by atoms with Crippen molar-refractivity contribution in [3.05, 3.63) is 48.5 Å². The Hall–Kier alpha value is -1.97. The fraction of sp³-hybridized carbons (Fsp3) is 0.0769. The molecule has 17 heavy (non-hydrogen) atoms. The van der Waals surface area contributed by atoms with Gasteiger partial charge in [0.15, 0.2) is 0 Å². The van der Waals surface area contributed by atoms with Crippen LogP contribution in [0.25, 0.3) is 11.1 Å². The summed E-state index contributed by atoms with van der Waals surface area (Å²) in [5.41, 5.74) is 1.83. The number of anilines is 2. The Kier molecular flexibility index (Phi) is 1.96. The maximum absolute atomic E-state index is 12.7. The molecule has 2 aromatic carbocycles. The first-order valence-corrected chi connectivity index (χ1v) is 5.14. The quantitative estimate of drug-likeness (QED) is 0.665. The van der Waals surface area contributed by atoms with Crippen LogP contribution in [0.4, 0.5) is 24.5 Å². The van der Waals surface area contributed by atoms with Crippen molar-refractivity contribution in [2.24, 2.45) is 0 Å². The Morgan fingerprint density at radius 2 is 1.59 bits per heavy atom. The second-order valence-corrected chi connectivity index (χ2v) is 3.87. The van der Waals surface area contributed by atoms with Gasteiger partial charge in [0.25, 0.3) is 0 Å². The number of rotatable bonds is 1. The summed E-state index contributed by atoms with van der Waals surface area (Å²) in [6.45, 7) is 0. The molecule has 0 saturated heterocycles. The number of fused-ring (bicyclic) bond motifs is 2. The smallest absolute Gasteiger partial charge is 0.252 e. The molecule has 1 nitrogen and oxygen atoms in total. The predicted octanol–water partition coefficient (Wildman–Crippen LogP) is 4.32. The number of hydrogen-bond acceptors (Lipinski definition) is 1. The molecule has 0 fully saturated rings. The number of nitrogens with zero attached hydrogens (tertiary/aromatic N) is 1. The van der Waals surface area contributed by atoms with E-state index in [0.29, 0.717) is 10.5 Å². The molecule has 4 rings (SSSR count). The van der Waals surface area contributed by atoms with Gasteiger partial charge in [-0.1, -0.05) is 36.4 Å². The van der Waals surface area contributed by atoms with Gasteiger partial charge in [0.1, 0.15) is 0 Å². The molecule has 2 aromatic rings. The first-order chi connectivity index (χ1) is 8.07. The van der Waals surface area contributed by atoms with Crippen LogP contribution in [0, 0.1) is 0 Å². The van der Waals surface area contributed by atoms with Crippen molar-refractivity contribution in [1.82, 2.24) is 0 Å². The van der Waals surface area contributed by atoms with E-state index in [0.717, 1.165) is 5.56 Å². The van der Waals surface area contributed by atoms with Crippen LogP contribution in [-0.4, -0.2) is 6.30 Å². The average molecular weight is 235 g/mol. The largest absolute Gasteiger partial charge is 0.489 e. The van der Waals surface area contributed by atoms with Gasteiger partial charge in [-0.25, -0.2) is 0 Å². The van der Waals surface area contributed by atoms with Crippen LogP contribution in [0.1, 0.15) is 0 Å². The summed E-state index contributed by atoms with van der Waals surface area (Å²) < 4.78 is 38.2. The van der Waals surface area contributed by atoms with E-state index < -0.39 is 6.30 Å². The summed E-state index contributed by atoms with van der Waals surface area (Å²) in [4.78, 5) is 0.412. The van der Waals surface area contributed by atoms with Crippen molar-refractivity contribution in [3.63, 3.8) is 0 Å². The van der Waals surface area contributed by atoms with Crippen LogP contribution in [0.5, 0.6) is 0 Å². The average Bonchev–Trinajstić information content (AvgIpc) is 2.28.